The quantitative estimate of drug-likeness (QED) is 0.195. The van der Waals surface area contributed by atoms with Gasteiger partial charge in [0.25, 0.3) is 0 Å². The summed E-state index contributed by atoms with van der Waals surface area (Å²) in [5, 5.41) is 0. The van der Waals surface area contributed by atoms with Gasteiger partial charge in [0.15, 0.2) is 5.78 Å². The minimum absolute atomic E-state index is 0.0426. The number of halogens is 3. The van der Waals surface area contributed by atoms with E-state index in [4.69, 9.17) is 5.73 Å². The molecule has 0 saturated carbocycles. The minimum Gasteiger partial charge on any atom is -0.399 e. The van der Waals surface area contributed by atoms with Gasteiger partial charge >= 0.3 is 6.18 Å². The first-order valence-electron chi connectivity index (χ1n) is 13.5. The van der Waals surface area contributed by atoms with E-state index in [0.717, 1.165) is 44.5 Å². The van der Waals surface area contributed by atoms with Crippen molar-refractivity contribution in [1.29, 1.82) is 0 Å². The average Bonchev–Trinajstić information content (AvgIpc) is 3.36. The van der Waals surface area contributed by atoms with Gasteiger partial charge in [-0.2, -0.15) is 13.2 Å². The summed E-state index contributed by atoms with van der Waals surface area (Å²) in [5.74, 6) is 0.0865. The molecule has 2 nitrogen and oxygen atoms in total. The van der Waals surface area contributed by atoms with Gasteiger partial charge in [-0.3, -0.25) is 4.79 Å². The lowest BCUT2D eigenvalue weighted by atomic mass is 9.85. The van der Waals surface area contributed by atoms with Crippen molar-refractivity contribution < 1.29 is 18.0 Å². The van der Waals surface area contributed by atoms with Crippen molar-refractivity contribution in [2.24, 2.45) is 0 Å². The normalized spacial score (nSPS) is 13.7. The first-order valence-corrected chi connectivity index (χ1v) is 13.5. The van der Waals surface area contributed by atoms with E-state index in [-0.39, 0.29) is 16.6 Å². The standard InChI is InChI=1S/C18H17F3.C17H17NO/c1-17(2,3)13-4-6-15-11(9-13)8-12-10-14(18(19,20)21)5-7-16(12)15;1-17(2,3)10-4-6-12-13-7-5-11(18)9-15(13)16(19)14(12)8-10/h4-7,9-10H,8H2,1-3H3;4-9H,18H2,1-3H3. The predicted molar refractivity (Wildman–Crippen MR) is 157 cm³/mol. The van der Waals surface area contributed by atoms with Crippen LogP contribution in [-0.4, -0.2) is 5.78 Å². The van der Waals surface area contributed by atoms with Crippen LogP contribution in [0.4, 0.5) is 18.9 Å². The van der Waals surface area contributed by atoms with Crippen LogP contribution in [0.1, 0.15) is 85.3 Å². The first-order chi connectivity index (χ1) is 18.5. The predicted octanol–water partition coefficient (Wildman–Crippen LogP) is 9.35. The van der Waals surface area contributed by atoms with E-state index >= 15 is 0 Å². The van der Waals surface area contributed by atoms with Gasteiger partial charge in [-0.05, 0) is 92.1 Å². The lowest BCUT2D eigenvalue weighted by Gasteiger charge is -2.20. The fraction of sp³-hybridized carbons (Fsp3) is 0.286. The summed E-state index contributed by atoms with van der Waals surface area (Å²) in [6.07, 6.45) is -3.70. The molecule has 2 N–H and O–H groups in total. The molecule has 2 aliphatic carbocycles. The SMILES string of the molecule is CC(C)(C)c1ccc2c(c1)C(=O)c1cc(N)ccc1-2.CC(C)(C)c1ccc2c(c1)Cc1cc(C(F)(F)F)ccc1-2. The Morgan fingerprint density at radius 3 is 1.50 bits per heavy atom. The second-order valence-electron chi connectivity index (χ2n) is 12.8. The number of hydrogen-bond donors (Lipinski definition) is 1. The van der Waals surface area contributed by atoms with Crippen molar-refractivity contribution in [2.45, 2.75) is 65.0 Å². The summed E-state index contributed by atoms with van der Waals surface area (Å²) in [6, 6.07) is 22.0. The third kappa shape index (κ3) is 5.05. The maximum absolute atomic E-state index is 12.8. The van der Waals surface area contributed by atoms with Crippen molar-refractivity contribution in [2.75, 3.05) is 5.73 Å². The molecule has 0 saturated heterocycles. The third-order valence-corrected chi connectivity index (χ3v) is 7.78. The molecule has 0 aromatic heterocycles. The zero-order valence-corrected chi connectivity index (χ0v) is 23.8. The number of ketones is 1. The van der Waals surface area contributed by atoms with Gasteiger partial charge < -0.3 is 5.73 Å². The fourth-order valence-corrected chi connectivity index (χ4v) is 5.42. The van der Waals surface area contributed by atoms with E-state index < -0.39 is 11.7 Å². The Morgan fingerprint density at radius 1 is 0.550 bits per heavy atom. The maximum Gasteiger partial charge on any atom is 0.416 e. The van der Waals surface area contributed by atoms with E-state index in [1.54, 1.807) is 12.1 Å². The zero-order chi connectivity index (χ0) is 29.2. The highest BCUT2D eigenvalue weighted by Crippen LogP contribution is 2.42. The summed E-state index contributed by atoms with van der Waals surface area (Å²) in [6.45, 7) is 12.9. The van der Waals surface area contributed by atoms with E-state index in [1.165, 1.54) is 23.3 Å². The van der Waals surface area contributed by atoms with Crippen LogP contribution < -0.4 is 5.73 Å². The summed E-state index contributed by atoms with van der Waals surface area (Å²) in [5.41, 5.74) is 15.7. The molecule has 0 radical (unpaired) electrons. The van der Waals surface area contributed by atoms with Crippen molar-refractivity contribution in [3.05, 3.63) is 112 Å². The summed E-state index contributed by atoms with van der Waals surface area (Å²) in [7, 11) is 0. The van der Waals surface area contributed by atoms with Crippen LogP contribution in [0.15, 0.2) is 72.8 Å². The number of anilines is 1. The highest BCUT2D eigenvalue weighted by Gasteiger charge is 2.32. The van der Waals surface area contributed by atoms with Crippen molar-refractivity contribution in [3.63, 3.8) is 0 Å². The maximum atomic E-state index is 12.8. The molecule has 2 aliphatic rings. The van der Waals surface area contributed by atoms with E-state index in [1.807, 2.05) is 24.3 Å². The fourth-order valence-electron chi connectivity index (χ4n) is 5.42. The van der Waals surface area contributed by atoms with Gasteiger partial charge in [0.05, 0.1) is 5.56 Å². The highest BCUT2D eigenvalue weighted by atomic mass is 19.4. The average molecular weight is 542 g/mol. The van der Waals surface area contributed by atoms with Crippen LogP contribution in [0.5, 0.6) is 0 Å². The van der Waals surface area contributed by atoms with Gasteiger partial charge in [0.2, 0.25) is 0 Å². The number of carbonyl (C=O) groups excluding carboxylic acids is 1. The minimum atomic E-state index is -4.28. The number of fused-ring (bicyclic) bond motifs is 6. The van der Waals surface area contributed by atoms with Crippen molar-refractivity contribution >= 4 is 11.5 Å². The third-order valence-electron chi connectivity index (χ3n) is 7.78. The number of alkyl halides is 3. The lowest BCUT2D eigenvalue weighted by molar-refractivity contribution is -0.137. The number of nitrogen functional groups attached to an aromatic ring is 1. The molecule has 40 heavy (non-hydrogen) atoms. The summed E-state index contributed by atoms with van der Waals surface area (Å²) < 4.78 is 38.4. The molecule has 0 spiro atoms. The van der Waals surface area contributed by atoms with Crippen LogP contribution >= 0.6 is 0 Å². The molecule has 5 heteroatoms. The molecule has 0 bridgehead atoms. The second-order valence-corrected chi connectivity index (χ2v) is 12.8. The van der Waals surface area contributed by atoms with Crippen LogP contribution in [0.25, 0.3) is 22.3 Å². The molecule has 0 aliphatic heterocycles. The van der Waals surface area contributed by atoms with Gasteiger partial charge in [-0.15, -0.1) is 0 Å². The van der Waals surface area contributed by atoms with E-state index in [0.29, 0.717) is 12.1 Å². The smallest absolute Gasteiger partial charge is 0.399 e. The van der Waals surface area contributed by atoms with Crippen LogP contribution in [0, 0.1) is 0 Å². The second kappa shape index (κ2) is 9.36. The monoisotopic (exact) mass is 541 g/mol. The lowest BCUT2D eigenvalue weighted by Crippen LogP contribution is -2.11. The Balaban J connectivity index is 0.000000162. The molecule has 0 atom stereocenters. The Kier molecular flexibility index (Phi) is 6.48. The number of benzene rings is 4. The highest BCUT2D eigenvalue weighted by molar-refractivity contribution is 6.22. The van der Waals surface area contributed by atoms with Gasteiger partial charge in [0, 0.05) is 16.8 Å². The first kappa shape index (κ1) is 27.7. The number of carbonyl (C=O) groups is 1. The molecular formula is C35H34F3NO. The molecule has 0 fully saturated rings. The Hall–Kier alpha value is -3.86. The number of rotatable bonds is 0. The van der Waals surface area contributed by atoms with Crippen LogP contribution in [-0.2, 0) is 23.4 Å². The Morgan fingerprint density at radius 2 is 0.975 bits per heavy atom. The summed E-state index contributed by atoms with van der Waals surface area (Å²) in [4.78, 5) is 12.5. The van der Waals surface area contributed by atoms with Gasteiger partial charge in [0.1, 0.15) is 0 Å². The molecule has 0 unspecified atom stereocenters. The number of nitrogens with two attached hydrogens (primary N) is 1. The van der Waals surface area contributed by atoms with E-state index in [9.17, 15) is 18.0 Å². The molecule has 0 amide bonds. The molecule has 206 valence electrons. The Bertz CT molecular complexity index is 1590. The Labute approximate surface area is 234 Å². The van der Waals surface area contributed by atoms with Crippen molar-refractivity contribution in [1.82, 2.24) is 0 Å². The molecular weight excluding hydrogens is 507 g/mol. The van der Waals surface area contributed by atoms with E-state index in [2.05, 4.69) is 65.8 Å². The molecule has 6 rings (SSSR count). The van der Waals surface area contributed by atoms with Gasteiger partial charge in [-0.1, -0.05) is 84.0 Å². The number of hydrogen-bond acceptors (Lipinski definition) is 2. The molecule has 4 aromatic carbocycles. The van der Waals surface area contributed by atoms with Crippen LogP contribution in [0.2, 0.25) is 0 Å². The van der Waals surface area contributed by atoms with Crippen molar-refractivity contribution in [3.8, 4) is 22.3 Å². The van der Waals surface area contributed by atoms with Gasteiger partial charge in [-0.25, -0.2) is 0 Å². The largest absolute Gasteiger partial charge is 0.416 e. The molecule has 0 heterocycles. The zero-order valence-electron chi connectivity index (χ0n) is 23.8. The van der Waals surface area contributed by atoms with Crippen LogP contribution in [0.3, 0.4) is 0 Å². The molecule has 4 aromatic rings. The summed E-state index contributed by atoms with van der Waals surface area (Å²) >= 11 is 0. The topological polar surface area (TPSA) is 43.1 Å².